The summed E-state index contributed by atoms with van der Waals surface area (Å²) in [5.74, 6) is 0.771. The Bertz CT molecular complexity index is 968. The van der Waals surface area contributed by atoms with E-state index in [4.69, 9.17) is 4.74 Å². The highest BCUT2D eigenvalue weighted by molar-refractivity contribution is 5.92. The topological polar surface area (TPSA) is 50.4 Å². The van der Waals surface area contributed by atoms with Gasteiger partial charge in [-0.15, -0.1) is 0 Å². The molecule has 0 spiro atoms. The molecule has 0 saturated heterocycles. The molecule has 2 N–H and O–H groups in total. The fourth-order valence-corrected chi connectivity index (χ4v) is 3.92. The van der Waals surface area contributed by atoms with E-state index in [0.29, 0.717) is 0 Å². The van der Waals surface area contributed by atoms with Crippen LogP contribution in [-0.2, 0) is 17.6 Å². The maximum absolute atomic E-state index is 12.6. The van der Waals surface area contributed by atoms with Crippen molar-refractivity contribution in [3.05, 3.63) is 95.1 Å². The lowest BCUT2D eigenvalue weighted by molar-refractivity contribution is -0.115. The Labute approximate surface area is 171 Å². The highest BCUT2D eigenvalue weighted by atomic mass is 16.5. The second-order valence-corrected chi connectivity index (χ2v) is 7.38. The molecule has 0 bridgehead atoms. The maximum Gasteiger partial charge on any atom is 0.238 e. The molecule has 0 unspecified atom stereocenters. The van der Waals surface area contributed by atoms with E-state index in [2.05, 4.69) is 34.9 Å². The summed E-state index contributed by atoms with van der Waals surface area (Å²) in [6.45, 7) is 0.225. The van der Waals surface area contributed by atoms with E-state index in [1.54, 1.807) is 7.11 Å². The van der Waals surface area contributed by atoms with Gasteiger partial charge in [-0.05, 0) is 65.8 Å². The van der Waals surface area contributed by atoms with Crippen molar-refractivity contribution < 1.29 is 9.53 Å². The largest absolute Gasteiger partial charge is 0.497 e. The maximum atomic E-state index is 12.6. The zero-order valence-corrected chi connectivity index (χ0v) is 16.7. The van der Waals surface area contributed by atoms with E-state index in [1.165, 1.54) is 17.5 Å². The molecule has 0 fully saturated rings. The van der Waals surface area contributed by atoms with Crippen LogP contribution in [0.2, 0.25) is 0 Å². The molecule has 0 aromatic heterocycles. The number of fused-ring (bicyclic) bond motifs is 1. The van der Waals surface area contributed by atoms with E-state index >= 15 is 0 Å². The summed E-state index contributed by atoms with van der Waals surface area (Å²) < 4.78 is 5.27. The zero-order chi connectivity index (χ0) is 20.1. The number of benzene rings is 3. The van der Waals surface area contributed by atoms with E-state index < -0.39 is 0 Å². The number of aryl methyl sites for hydroxylation is 2. The molecule has 1 atom stereocenters. The fraction of sp³-hybridized carbons (Fsp3) is 0.240. The molecular weight excluding hydrogens is 360 g/mol. The number of hydrogen-bond donors (Lipinski definition) is 2. The molecule has 1 aliphatic rings. The molecule has 1 amide bonds. The summed E-state index contributed by atoms with van der Waals surface area (Å²) in [5.41, 5.74) is 5.84. The van der Waals surface area contributed by atoms with Crippen LogP contribution in [0, 0.1) is 0 Å². The minimum Gasteiger partial charge on any atom is -0.497 e. The highest BCUT2D eigenvalue weighted by Gasteiger charge is 2.16. The summed E-state index contributed by atoms with van der Waals surface area (Å²) in [4.78, 5) is 12.6. The summed E-state index contributed by atoms with van der Waals surface area (Å²) in [5, 5.41) is 6.44. The Morgan fingerprint density at radius 3 is 2.41 bits per heavy atom. The minimum absolute atomic E-state index is 0.0441. The Morgan fingerprint density at radius 2 is 1.66 bits per heavy atom. The molecule has 4 rings (SSSR count). The SMILES string of the molecule is COc1ccc([C@H](NCC(=O)Nc2ccc3c(c2)CCC3)c2ccccc2)cc1. The van der Waals surface area contributed by atoms with Gasteiger partial charge in [0.1, 0.15) is 5.75 Å². The Hall–Kier alpha value is -3.11. The molecular formula is C25H26N2O2. The number of hydrogen-bond acceptors (Lipinski definition) is 3. The van der Waals surface area contributed by atoms with Gasteiger partial charge in [-0.3, -0.25) is 10.1 Å². The summed E-state index contributed by atoms with van der Waals surface area (Å²) in [6, 6.07) is 24.3. The third kappa shape index (κ3) is 4.66. The molecule has 4 heteroatoms. The number of amides is 1. The van der Waals surface area contributed by atoms with Gasteiger partial charge >= 0.3 is 0 Å². The zero-order valence-electron chi connectivity index (χ0n) is 16.7. The number of methoxy groups -OCH3 is 1. The summed E-state index contributed by atoms with van der Waals surface area (Å²) >= 11 is 0. The minimum atomic E-state index is -0.0760. The molecule has 4 nitrogen and oxygen atoms in total. The average molecular weight is 386 g/mol. The van der Waals surface area contributed by atoms with Crippen LogP contribution in [0.1, 0.15) is 34.7 Å². The van der Waals surface area contributed by atoms with Gasteiger partial charge < -0.3 is 10.1 Å². The third-order valence-corrected chi connectivity index (χ3v) is 5.43. The number of carbonyl (C=O) groups is 1. The molecule has 1 aliphatic carbocycles. The van der Waals surface area contributed by atoms with Gasteiger partial charge in [0.05, 0.1) is 19.7 Å². The molecule has 0 saturated carbocycles. The smallest absolute Gasteiger partial charge is 0.238 e. The summed E-state index contributed by atoms with van der Waals surface area (Å²) in [6.07, 6.45) is 3.45. The monoisotopic (exact) mass is 386 g/mol. The van der Waals surface area contributed by atoms with Crippen molar-refractivity contribution in [3.63, 3.8) is 0 Å². The third-order valence-electron chi connectivity index (χ3n) is 5.43. The molecule has 0 heterocycles. The fourth-order valence-electron chi connectivity index (χ4n) is 3.92. The second kappa shape index (κ2) is 8.93. The van der Waals surface area contributed by atoms with Crippen molar-refractivity contribution in [1.82, 2.24) is 5.32 Å². The lowest BCUT2D eigenvalue weighted by atomic mass is 9.98. The summed E-state index contributed by atoms with van der Waals surface area (Å²) in [7, 11) is 1.66. The standard InChI is InChI=1S/C25H26N2O2/c1-29-23-14-11-20(12-15-23)25(19-6-3-2-4-7-19)26-17-24(28)27-22-13-10-18-8-5-9-21(18)16-22/h2-4,6-7,10-16,25-26H,5,8-9,17H2,1H3,(H,27,28)/t25-/m1/s1. The van der Waals surface area contributed by atoms with Gasteiger partial charge in [0.2, 0.25) is 5.91 Å². The van der Waals surface area contributed by atoms with Gasteiger partial charge in [0, 0.05) is 5.69 Å². The quantitative estimate of drug-likeness (QED) is 0.628. The van der Waals surface area contributed by atoms with Crippen LogP contribution >= 0.6 is 0 Å². The highest BCUT2D eigenvalue weighted by Crippen LogP contribution is 2.26. The molecule has 148 valence electrons. The van der Waals surface area contributed by atoms with Crippen molar-refractivity contribution in [1.29, 1.82) is 0 Å². The lowest BCUT2D eigenvalue weighted by Gasteiger charge is -2.20. The molecule has 29 heavy (non-hydrogen) atoms. The van der Waals surface area contributed by atoms with Gasteiger partial charge in [0.15, 0.2) is 0 Å². The van der Waals surface area contributed by atoms with Gasteiger partial charge in [-0.1, -0.05) is 48.5 Å². The molecule has 0 radical (unpaired) electrons. The number of rotatable bonds is 7. The van der Waals surface area contributed by atoms with Crippen molar-refractivity contribution in [2.75, 3.05) is 19.0 Å². The lowest BCUT2D eigenvalue weighted by Crippen LogP contribution is -2.32. The predicted octanol–water partition coefficient (Wildman–Crippen LogP) is 4.50. The second-order valence-electron chi connectivity index (χ2n) is 7.38. The first-order valence-electron chi connectivity index (χ1n) is 10.1. The van der Waals surface area contributed by atoms with Crippen LogP contribution in [-0.4, -0.2) is 19.6 Å². The van der Waals surface area contributed by atoms with Crippen molar-refractivity contribution in [3.8, 4) is 5.75 Å². The van der Waals surface area contributed by atoms with Gasteiger partial charge in [-0.2, -0.15) is 0 Å². The van der Waals surface area contributed by atoms with E-state index in [9.17, 15) is 4.79 Å². The first-order valence-corrected chi connectivity index (χ1v) is 10.1. The van der Waals surface area contributed by atoms with Crippen LogP contribution in [0.3, 0.4) is 0 Å². The Balaban J connectivity index is 1.45. The number of ether oxygens (including phenoxy) is 1. The predicted molar refractivity (Wildman–Crippen MR) is 116 cm³/mol. The first kappa shape index (κ1) is 19.2. The Morgan fingerprint density at radius 1 is 0.931 bits per heavy atom. The molecule has 0 aliphatic heterocycles. The normalized spacial score (nSPS) is 13.6. The average Bonchev–Trinajstić information content (AvgIpc) is 3.23. The first-order chi connectivity index (χ1) is 14.2. The van der Waals surface area contributed by atoms with E-state index in [-0.39, 0.29) is 18.5 Å². The number of carbonyl (C=O) groups excluding carboxylic acids is 1. The van der Waals surface area contributed by atoms with E-state index in [0.717, 1.165) is 35.4 Å². The Kier molecular flexibility index (Phi) is 5.92. The van der Waals surface area contributed by atoms with Crippen LogP contribution < -0.4 is 15.4 Å². The van der Waals surface area contributed by atoms with Crippen LogP contribution in [0.15, 0.2) is 72.8 Å². The molecule has 3 aromatic rings. The van der Waals surface area contributed by atoms with Crippen molar-refractivity contribution in [2.45, 2.75) is 25.3 Å². The van der Waals surface area contributed by atoms with Gasteiger partial charge in [0.25, 0.3) is 0 Å². The van der Waals surface area contributed by atoms with Crippen LogP contribution in [0.25, 0.3) is 0 Å². The van der Waals surface area contributed by atoms with Crippen LogP contribution in [0.4, 0.5) is 5.69 Å². The van der Waals surface area contributed by atoms with Crippen LogP contribution in [0.5, 0.6) is 5.75 Å². The van der Waals surface area contributed by atoms with Crippen molar-refractivity contribution >= 4 is 11.6 Å². The molecule has 3 aromatic carbocycles. The van der Waals surface area contributed by atoms with Crippen molar-refractivity contribution in [2.24, 2.45) is 0 Å². The van der Waals surface area contributed by atoms with E-state index in [1.807, 2.05) is 48.5 Å². The number of nitrogens with one attached hydrogen (secondary N) is 2. The van der Waals surface area contributed by atoms with Gasteiger partial charge in [-0.25, -0.2) is 0 Å². The number of anilines is 1.